The van der Waals surface area contributed by atoms with Crippen LogP contribution in [-0.2, 0) is 14.3 Å². The molecule has 0 aliphatic rings. The van der Waals surface area contributed by atoms with Crippen LogP contribution in [0.15, 0.2) is 0 Å². The molecule has 0 radical (unpaired) electrons. The first-order valence-electron chi connectivity index (χ1n) is 23.5. The van der Waals surface area contributed by atoms with E-state index in [2.05, 4.69) is 46.4 Å². The molecular weight excluding hydrogens is 627 g/mol. The van der Waals surface area contributed by atoms with E-state index in [0.29, 0.717) is 19.1 Å². The number of unbranched alkanes of at least 4 members (excludes halogenated alkanes) is 25. The highest BCUT2D eigenvalue weighted by molar-refractivity contribution is 5.69. The average Bonchev–Trinajstić information content (AvgIpc) is 3.15. The second-order valence-corrected chi connectivity index (χ2v) is 15.1. The molecule has 4 nitrogen and oxygen atoms in total. The summed E-state index contributed by atoms with van der Waals surface area (Å²) in [6.45, 7) is 22.8. The van der Waals surface area contributed by atoms with Crippen LogP contribution in [0.3, 0.4) is 0 Å². The summed E-state index contributed by atoms with van der Waals surface area (Å²) in [4.78, 5) is 14.5. The van der Waals surface area contributed by atoms with Crippen molar-refractivity contribution in [3.63, 3.8) is 0 Å². The predicted octanol–water partition coefficient (Wildman–Crippen LogP) is 15.8. The Morgan fingerprint density at radius 2 is 0.804 bits per heavy atom. The van der Waals surface area contributed by atoms with Crippen molar-refractivity contribution in [1.82, 2.24) is 4.90 Å². The Morgan fingerprint density at radius 1 is 0.451 bits per heavy atom. The van der Waals surface area contributed by atoms with Gasteiger partial charge in [-0.05, 0) is 65.1 Å². The second-order valence-electron chi connectivity index (χ2n) is 15.1. The van der Waals surface area contributed by atoms with Gasteiger partial charge in [-0.2, -0.15) is 0 Å². The molecule has 4 heteroatoms. The molecule has 0 heterocycles. The molecule has 0 saturated heterocycles. The third-order valence-electron chi connectivity index (χ3n) is 10.0. The number of carbonyl (C=O) groups excluding carboxylic acids is 1. The molecule has 0 rings (SSSR count). The summed E-state index contributed by atoms with van der Waals surface area (Å²) in [5.74, 6) is 0.00878. The Balaban J connectivity index is -0.00000180. The molecule has 1 unspecified atom stereocenters. The lowest BCUT2D eigenvalue weighted by molar-refractivity contribution is -0.143. The van der Waals surface area contributed by atoms with Crippen LogP contribution in [-0.4, -0.2) is 49.8 Å². The Morgan fingerprint density at radius 3 is 1.24 bits per heavy atom. The quantitative estimate of drug-likeness (QED) is 0.0467. The minimum Gasteiger partial charge on any atom is -0.466 e. The molecule has 51 heavy (non-hydrogen) atoms. The highest BCUT2D eigenvalue weighted by Crippen LogP contribution is 2.13. The fraction of sp³-hybridized carbons (Fsp3) is 0.979. The Labute approximate surface area is 324 Å². The topological polar surface area (TPSA) is 38.8 Å². The standard InChI is InChI=1S/C36H73NO3.C9H20.C2H6/c1-5-8-10-12-14-22-28-34-40-36(38)30-24-18-16-20-26-32-37(7-3)31-25-19-15-17-23-29-35(4)39-33-27-21-13-11-9-6-2;1-3-5-7-9-8-6-4-2;1-2/h35H,5-34H2,1-4H3;3-9H2,1-2H3;1-2H3. The van der Waals surface area contributed by atoms with Crippen LogP contribution in [0.4, 0.5) is 0 Å². The van der Waals surface area contributed by atoms with Crippen molar-refractivity contribution in [2.75, 3.05) is 32.8 Å². The second kappa shape index (κ2) is 51.5. The SMILES string of the molecule is CC.CCCCCCCCC.CCCCCCCCCOC(=O)CCCCCCCN(CC)CCCCCCCC(C)OCCCCCCCC. The number of carbonyl (C=O) groups is 1. The molecule has 0 aromatic rings. The number of esters is 1. The van der Waals surface area contributed by atoms with Crippen molar-refractivity contribution in [3.8, 4) is 0 Å². The van der Waals surface area contributed by atoms with Crippen LogP contribution in [0.25, 0.3) is 0 Å². The summed E-state index contributed by atoms with van der Waals surface area (Å²) in [5.41, 5.74) is 0. The number of ether oxygens (including phenoxy) is 2. The molecule has 0 aliphatic carbocycles. The maximum Gasteiger partial charge on any atom is 0.305 e. The molecule has 0 amide bonds. The van der Waals surface area contributed by atoms with Gasteiger partial charge in [-0.15, -0.1) is 0 Å². The van der Waals surface area contributed by atoms with Crippen LogP contribution in [0.1, 0.15) is 261 Å². The average molecular weight is 726 g/mol. The van der Waals surface area contributed by atoms with Gasteiger partial charge in [0.15, 0.2) is 0 Å². The zero-order valence-corrected chi connectivity index (χ0v) is 36.9. The van der Waals surface area contributed by atoms with Crippen LogP contribution in [0.5, 0.6) is 0 Å². The molecule has 0 fully saturated rings. The lowest BCUT2D eigenvalue weighted by Crippen LogP contribution is -2.25. The van der Waals surface area contributed by atoms with Gasteiger partial charge in [0.25, 0.3) is 0 Å². The first kappa shape index (κ1) is 54.7. The van der Waals surface area contributed by atoms with E-state index in [0.717, 1.165) is 32.4 Å². The lowest BCUT2D eigenvalue weighted by Gasteiger charge is -2.20. The zero-order valence-electron chi connectivity index (χ0n) is 36.9. The number of nitrogens with zero attached hydrogens (tertiary/aromatic N) is 1. The van der Waals surface area contributed by atoms with Gasteiger partial charge in [0.1, 0.15) is 0 Å². The molecule has 1 atom stereocenters. The van der Waals surface area contributed by atoms with E-state index in [4.69, 9.17) is 9.47 Å². The summed E-state index contributed by atoms with van der Waals surface area (Å²) >= 11 is 0. The van der Waals surface area contributed by atoms with Gasteiger partial charge in [0.2, 0.25) is 0 Å². The van der Waals surface area contributed by atoms with Crippen molar-refractivity contribution >= 4 is 5.97 Å². The molecule has 0 aromatic heterocycles. The summed E-state index contributed by atoms with van der Waals surface area (Å²) in [6, 6.07) is 0. The first-order chi connectivity index (χ1) is 25.0. The molecule has 0 aromatic carbocycles. The van der Waals surface area contributed by atoms with Crippen molar-refractivity contribution in [2.45, 2.75) is 267 Å². The largest absolute Gasteiger partial charge is 0.466 e. The highest BCUT2D eigenvalue weighted by atomic mass is 16.5. The molecule has 0 aliphatic heterocycles. The van der Waals surface area contributed by atoms with Gasteiger partial charge in [-0.3, -0.25) is 4.79 Å². The lowest BCUT2D eigenvalue weighted by atomic mass is 10.1. The minimum absolute atomic E-state index is 0.00878. The molecule has 0 bridgehead atoms. The van der Waals surface area contributed by atoms with Crippen molar-refractivity contribution in [3.05, 3.63) is 0 Å². The fourth-order valence-electron chi connectivity index (χ4n) is 6.46. The number of rotatable bonds is 39. The zero-order chi connectivity index (χ0) is 38.3. The fourth-order valence-corrected chi connectivity index (χ4v) is 6.46. The third kappa shape index (κ3) is 51.5. The van der Waals surface area contributed by atoms with Gasteiger partial charge in [0.05, 0.1) is 12.7 Å². The van der Waals surface area contributed by atoms with E-state index < -0.39 is 0 Å². The monoisotopic (exact) mass is 726 g/mol. The molecule has 310 valence electrons. The van der Waals surface area contributed by atoms with Crippen molar-refractivity contribution in [2.24, 2.45) is 0 Å². The van der Waals surface area contributed by atoms with E-state index in [1.165, 1.54) is 193 Å². The minimum atomic E-state index is 0.00878. The van der Waals surface area contributed by atoms with Gasteiger partial charge in [-0.25, -0.2) is 0 Å². The number of hydrogen-bond donors (Lipinski definition) is 0. The summed E-state index contributed by atoms with van der Waals surface area (Å²) in [6.07, 6.45) is 41.8. The van der Waals surface area contributed by atoms with Gasteiger partial charge in [-0.1, -0.05) is 209 Å². The summed E-state index contributed by atoms with van der Waals surface area (Å²) < 4.78 is 11.4. The molecule has 0 N–H and O–H groups in total. The summed E-state index contributed by atoms with van der Waals surface area (Å²) in [7, 11) is 0. The van der Waals surface area contributed by atoms with E-state index >= 15 is 0 Å². The Kier molecular flexibility index (Phi) is 55.3. The third-order valence-corrected chi connectivity index (χ3v) is 10.0. The van der Waals surface area contributed by atoms with Crippen LogP contribution in [0.2, 0.25) is 0 Å². The van der Waals surface area contributed by atoms with Gasteiger partial charge < -0.3 is 14.4 Å². The number of hydrogen-bond acceptors (Lipinski definition) is 4. The van der Waals surface area contributed by atoms with Crippen LogP contribution >= 0.6 is 0 Å². The highest BCUT2D eigenvalue weighted by Gasteiger charge is 2.05. The van der Waals surface area contributed by atoms with Crippen LogP contribution < -0.4 is 0 Å². The van der Waals surface area contributed by atoms with E-state index in [1.54, 1.807) is 0 Å². The van der Waals surface area contributed by atoms with Crippen molar-refractivity contribution < 1.29 is 14.3 Å². The van der Waals surface area contributed by atoms with Crippen LogP contribution in [0, 0.1) is 0 Å². The van der Waals surface area contributed by atoms with Gasteiger partial charge >= 0.3 is 5.97 Å². The smallest absolute Gasteiger partial charge is 0.305 e. The van der Waals surface area contributed by atoms with E-state index in [-0.39, 0.29) is 5.97 Å². The maximum atomic E-state index is 11.9. The van der Waals surface area contributed by atoms with Gasteiger partial charge in [0, 0.05) is 13.0 Å². The van der Waals surface area contributed by atoms with E-state index in [9.17, 15) is 4.79 Å². The maximum absolute atomic E-state index is 11.9. The predicted molar refractivity (Wildman–Crippen MR) is 230 cm³/mol. The molecule has 0 saturated carbocycles. The molecule has 0 spiro atoms. The Bertz CT molecular complexity index is 592. The molecular formula is C47H99NO3. The normalized spacial score (nSPS) is 11.5. The summed E-state index contributed by atoms with van der Waals surface area (Å²) in [5, 5.41) is 0. The van der Waals surface area contributed by atoms with Crippen molar-refractivity contribution in [1.29, 1.82) is 0 Å². The van der Waals surface area contributed by atoms with E-state index in [1.807, 2.05) is 13.8 Å². The first-order valence-corrected chi connectivity index (χ1v) is 23.5. The Hall–Kier alpha value is -0.610.